The van der Waals surface area contributed by atoms with Gasteiger partial charge in [0.15, 0.2) is 0 Å². The highest BCUT2D eigenvalue weighted by Gasteiger charge is 2.27. The highest BCUT2D eigenvalue weighted by atomic mass is 16.5. The van der Waals surface area contributed by atoms with Gasteiger partial charge in [-0.15, -0.1) is 0 Å². The summed E-state index contributed by atoms with van der Waals surface area (Å²) in [6.07, 6.45) is 0.920. The van der Waals surface area contributed by atoms with Gasteiger partial charge in [-0.3, -0.25) is 4.79 Å². The average Bonchev–Trinajstić information content (AvgIpc) is 2.62. The van der Waals surface area contributed by atoms with Crippen LogP contribution in [0.5, 0.6) is 11.5 Å². The van der Waals surface area contributed by atoms with Crippen LogP contribution in [0.4, 0.5) is 0 Å². The van der Waals surface area contributed by atoms with Crippen molar-refractivity contribution in [2.75, 3.05) is 0 Å². The summed E-state index contributed by atoms with van der Waals surface area (Å²) >= 11 is 0. The summed E-state index contributed by atoms with van der Waals surface area (Å²) in [5.41, 5.74) is 1.93. The molecule has 2 aromatic carbocycles. The van der Waals surface area contributed by atoms with Crippen molar-refractivity contribution < 1.29 is 14.3 Å². The maximum atomic E-state index is 12.2. The van der Waals surface area contributed by atoms with Crippen LogP contribution in [0.1, 0.15) is 65.0 Å². The van der Waals surface area contributed by atoms with Crippen LogP contribution < -0.4 is 9.47 Å². The Morgan fingerprint density at radius 1 is 0.885 bits per heavy atom. The molecule has 26 heavy (non-hydrogen) atoms. The zero-order valence-electron chi connectivity index (χ0n) is 16.7. The highest BCUT2D eigenvalue weighted by molar-refractivity contribution is 5.78. The van der Waals surface area contributed by atoms with E-state index < -0.39 is 5.41 Å². The third kappa shape index (κ3) is 5.10. The van der Waals surface area contributed by atoms with Gasteiger partial charge in [-0.1, -0.05) is 38.1 Å². The molecular weight excluding hydrogens is 324 g/mol. The number of carbonyl (C=O) groups is 1. The Kier molecular flexibility index (Phi) is 6.47. The second-order valence-corrected chi connectivity index (χ2v) is 7.65. The molecule has 1 atom stereocenters. The molecule has 0 aromatic heterocycles. The van der Waals surface area contributed by atoms with E-state index in [9.17, 15) is 4.79 Å². The summed E-state index contributed by atoms with van der Waals surface area (Å²) in [6.45, 7) is 12.0. The van der Waals surface area contributed by atoms with Crippen LogP contribution in [-0.2, 0) is 4.79 Å². The lowest BCUT2D eigenvalue weighted by Gasteiger charge is -2.20. The van der Waals surface area contributed by atoms with Crippen molar-refractivity contribution in [1.82, 2.24) is 0 Å². The molecule has 0 saturated carbocycles. The number of carbonyl (C=O) groups excluding carboxylic acids is 1. The van der Waals surface area contributed by atoms with Gasteiger partial charge in [0.1, 0.15) is 11.5 Å². The fraction of sp³-hybridized carbons (Fsp3) is 0.435. The quantitative estimate of drug-likeness (QED) is 0.454. The van der Waals surface area contributed by atoms with Crippen molar-refractivity contribution in [2.45, 2.75) is 60.0 Å². The predicted molar refractivity (Wildman–Crippen MR) is 106 cm³/mol. The van der Waals surface area contributed by atoms with Gasteiger partial charge in [0.2, 0.25) is 0 Å². The molecule has 0 aliphatic rings. The summed E-state index contributed by atoms with van der Waals surface area (Å²) in [7, 11) is 0. The molecule has 2 aromatic rings. The number of esters is 1. The topological polar surface area (TPSA) is 35.5 Å². The van der Waals surface area contributed by atoms with Gasteiger partial charge >= 0.3 is 5.97 Å². The minimum absolute atomic E-state index is 0.172. The smallest absolute Gasteiger partial charge is 0.316 e. The molecule has 0 saturated heterocycles. The highest BCUT2D eigenvalue weighted by Crippen LogP contribution is 2.29. The van der Waals surface area contributed by atoms with Crippen LogP contribution in [0.2, 0.25) is 0 Å². The molecular formula is C23H30O3. The summed E-state index contributed by atoms with van der Waals surface area (Å²) in [6, 6.07) is 16.0. The molecule has 0 amide bonds. The van der Waals surface area contributed by atoms with Gasteiger partial charge in [-0.25, -0.2) is 0 Å². The lowest BCUT2D eigenvalue weighted by molar-refractivity contribution is -0.144. The largest absolute Gasteiger partial charge is 0.491 e. The Morgan fingerprint density at radius 2 is 1.35 bits per heavy atom. The first-order chi connectivity index (χ1) is 12.2. The van der Waals surface area contributed by atoms with E-state index in [0.29, 0.717) is 5.75 Å². The minimum atomic E-state index is -0.467. The average molecular weight is 354 g/mol. The fourth-order valence-electron chi connectivity index (χ4n) is 2.51. The second kappa shape index (κ2) is 8.39. The number of ether oxygens (including phenoxy) is 2. The predicted octanol–water partition coefficient (Wildman–Crippen LogP) is 5.97. The van der Waals surface area contributed by atoms with Crippen LogP contribution >= 0.6 is 0 Å². The van der Waals surface area contributed by atoms with Gasteiger partial charge in [0, 0.05) is 5.92 Å². The Labute approximate surface area is 157 Å². The third-order valence-electron chi connectivity index (χ3n) is 4.78. The van der Waals surface area contributed by atoms with Gasteiger partial charge in [-0.05, 0) is 69.5 Å². The Morgan fingerprint density at radius 3 is 1.77 bits per heavy atom. The van der Waals surface area contributed by atoms with Crippen LogP contribution in [0, 0.1) is 5.41 Å². The summed E-state index contributed by atoms with van der Waals surface area (Å²) in [5.74, 6) is 1.53. The molecule has 1 unspecified atom stereocenters. The zero-order valence-corrected chi connectivity index (χ0v) is 16.7. The first-order valence-corrected chi connectivity index (χ1v) is 9.31. The zero-order chi connectivity index (χ0) is 19.3. The van der Waals surface area contributed by atoms with Crippen LogP contribution in [-0.4, -0.2) is 12.1 Å². The maximum Gasteiger partial charge on any atom is 0.316 e. The minimum Gasteiger partial charge on any atom is -0.491 e. The Balaban J connectivity index is 2.06. The molecule has 140 valence electrons. The van der Waals surface area contributed by atoms with Gasteiger partial charge in [0.25, 0.3) is 0 Å². The van der Waals surface area contributed by atoms with Crippen LogP contribution in [0.25, 0.3) is 0 Å². The Hall–Kier alpha value is -2.29. The lowest BCUT2D eigenvalue weighted by atomic mass is 9.90. The first kappa shape index (κ1) is 20.0. The first-order valence-electron chi connectivity index (χ1n) is 9.31. The molecule has 3 heteroatoms. The summed E-state index contributed by atoms with van der Waals surface area (Å²) < 4.78 is 11.2. The molecule has 0 bridgehead atoms. The van der Waals surface area contributed by atoms with E-state index in [4.69, 9.17) is 9.47 Å². The fourth-order valence-corrected chi connectivity index (χ4v) is 2.51. The van der Waals surface area contributed by atoms with Crippen LogP contribution in [0.3, 0.4) is 0 Å². The Bertz CT molecular complexity index is 712. The standard InChI is InChI=1S/C23H30O3/c1-7-23(5,6)22(24)26-21-14-10-19(11-15-21)17(4)18-8-12-20(13-9-18)25-16(2)3/h8-17H,7H2,1-6H3. The van der Waals surface area contributed by atoms with E-state index in [-0.39, 0.29) is 18.0 Å². The second-order valence-electron chi connectivity index (χ2n) is 7.65. The molecule has 3 nitrogen and oxygen atoms in total. The summed E-state index contributed by atoms with van der Waals surface area (Å²) in [4.78, 5) is 12.2. The van der Waals surface area contributed by atoms with Gasteiger partial charge < -0.3 is 9.47 Å². The number of hydrogen-bond donors (Lipinski definition) is 0. The van der Waals surface area contributed by atoms with Gasteiger partial charge in [0.05, 0.1) is 11.5 Å². The van der Waals surface area contributed by atoms with E-state index in [2.05, 4.69) is 19.1 Å². The maximum absolute atomic E-state index is 12.2. The number of benzene rings is 2. The molecule has 0 aliphatic carbocycles. The SMILES string of the molecule is CCC(C)(C)C(=O)Oc1ccc(C(C)c2ccc(OC(C)C)cc2)cc1. The summed E-state index contributed by atoms with van der Waals surface area (Å²) in [5, 5.41) is 0. The molecule has 0 radical (unpaired) electrons. The van der Waals surface area contributed by atoms with Crippen molar-refractivity contribution >= 4 is 5.97 Å². The van der Waals surface area contributed by atoms with Crippen molar-refractivity contribution in [3.05, 3.63) is 59.7 Å². The van der Waals surface area contributed by atoms with Crippen LogP contribution in [0.15, 0.2) is 48.5 Å². The molecule has 2 rings (SSSR count). The van der Waals surface area contributed by atoms with Gasteiger partial charge in [-0.2, -0.15) is 0 Å². The van der Waals surface area contributed by atoms with E-state index in [0.717, 1.165) is 12.2 Å². The van der Waals surface area contributed by atoms with E-state index in [1.54, 1.807) is 0 Å². The van der Waals surface area contributed by atoms with E-state index >= 15 is 0 Å². The van der Waals surface area contributed by atoms with Crippen molar-refractivity contribution in [3.63, 3.8) is 0 Å². The van der Waals surface area contributed by atoms with E-state index in [1.165, 1.54) is 11.1 Å². The monoisotopic (exact) mass is 354 g/mol. The molecule has 0 fully saturated rings. The molecule has 0 heterocycles. The van der Waals surface area contributed by atoms with Crippen molar-refractivity contribution in [1.29, 1.82) is 0 Å². The number of hydrogen-bond acceptors (Lipinski definition) is 3. The lowest BCUT2D eigenvalue weighted by Crippen LogP contribution is -2.28. The van der Waals surface area contributed by atoms with Crippen molar-refractivity contribution in [3.8, 4) is 11.5 Å². The van der Waals surface area contributed by atoms with E-state index in [1.807, 2.05) is 71.0 Å². The van der Waals surface area contributed by atoms with Crippen molar-refractivity contribution in [2.24, 2.45) is 5.41 Å². The normalized spacial score (nSPS) is 12.7. The number of rotatable bonds is 7. The third-order valence-corrected chi connectivity index (χ3v) is 4.78. The molecule has 0 spiro atoms. The molecule has 0 aliphatic heterocycles. The molecule has 0 N–H and O–H groups in total.